The second kappa shape index (κ2) is 10.6. The number of pyridine rings is 1. The molecule has 194 valence electrons. The van der Waals surface area contributed by atoms with Gasteiger partial charge >= 0.3 is 0 Å². The molecule has 3 heterocycles. The Kier molecular flexibility index (Phi) is 7.11. The number of carbonyl (C=O) groups excluding carboxylic acids is 1. The molecule has 1 aliphatic rings. The third-order valence-electron chi connectivity index (χ3n) is 6.80. The Morgan fingerprint density at radius 2 is 1.84 bits per heavy atom. The number of aromatic nitrogens is 2. The van der Waals surface area contributed by atoms with E-state index in [1.807, 2.05) is 42.2 Å². The number of anilines is 1. The standard InChI is InChI=1S/C29H28FN5O2S/c1-18-17-24(19(2)35(18)22-10-12-23(36)13-11-22)28-27(25-5-3-4-15-31-25)33-29(38)34(28)16-14-26(37)32-21-8-6-20(30)7-9-21/h3-13,15,17,27-28,36H,14,16H2,1-2H3,(H,32,37)(H,33,38)/t27-,28-/m1/s1. The molecule has 1 aliphatic heterocycles. The van der Waals surface area contributed by atoms with Crippen molar-refractivity contribution < 1.29 is 14.3 Å². The molecule has 1 amide bonds. The minimum Gasteiger partial charge on any atom is -0.508 e. The fraction of sp³-hybridized carbons (Fsp3) is 0.207. The molecule has 38 heavy (non-hydrogen) atoms. The minimum absolute atomic E-state index is 0.186. The number of thiocarbonyl (C=S) groups is 1. The molecule has 9 heteroatoms. The van der Waals surface area contributed by atoms with Gasteiger partial charge in [-0.3, -0.25) is 9.78 Å². The molecule has 3 N–H and O–H groups in total. The fourth-order valence-corrected chi connectivity index (χ4v) is 5.38. The first kappa shape index (κ1) is 25.4. The molecule has 0 spiro atoms. The number of hydrogen-bond acceptors (Lipinski definition) is 4. The van der Waals surface area contributed by atoms with E-state index in [1.54, 1.807) is 18.3 Å². The third-order valence-corrected chi connectivity index (χ3v) is 7.15. The molecular formula is C29H28FN5O2S. The summed E-state index contributed by atoms with van der Waals surface area (Å²) in [5, 5.41) is 16.6. The topological polar surface area (TPSA) is 82.4 Å². The van der Waals surface area contributed by atoms with E-state index in [0.29, 0.717) is 17.3 Å². The van der Waals surface area contributed by atoms with Gasteiger partial charge in [0, 0.05) is 41.9 Å². The zero-order chi connectivity index (χ0) is 26.8. The molecule has 2 aromatic heterocycles. The van der Waals surface area contributed by atoms with Gasteiger partial charge in [-0.2, -0.15) is 0 Å². The minimum atomic E-state index is -0.357. The Morgan fingerprint density at radius 3 is 2.53 bits per heavy atom. The second-order valence-corrected chi connectivity index (χ2v) is 9.69. The maximum Gasteiger partial charge on any atom is 0.226 e. The normalized spacial score (nSPS) is 16.9. The van der Waals surface area contributed by atoms with Crippen molar-refractivity contribution in [3.8, 4) is 11.4 Å². The summed E-state index contributed by atoms with van der Waals surface area (Å²) in [4.78, 5) is 19.4. The number of aryl methyl sites for hydroxylation is 1. The summed E-state index contributed by atoms with van der Waals surface area (Å²) in [7, 11) is 0. The van der Waals surface area contributed by atoms with Gasteiger partial charge < -0.3 is 25.2 Å². The van der Waals surface area contributed by atoms with Crippen LogP contribution in [0.3, 0.4) is 0 Å². The molecule has 7 nitrogen and oxygen atoms in total. The van der Waals surface area contributed by atoms with E-state index in [-0.39, 0.29) is 36.0 Å². The Bertz CT molecular complexity index is 1460. The highest BCUT2D eigenvalue weighted by molar-refractivity contribution is 7.80. The predicted molar refractivity (Wildman–Crippen MR) is 149 cm³/mol. The van der Waals surface area contributed by atoms with Crippen LogP contribution in [0.2, 0.25) is 0 Å². The van der Waals surface area contributed by atoms with Crippen LogP contribution in [-0.2, 0) is 4.79 Å². The van der Waals surface area contributed by atoms with E-state index in [9.17, 15) is 14.3 Å². The molecular weight excluding hydrogens is 501 g/mol. The summed E-state index contributed by atoms with van der Waals surface area (Å²) in [6.07, 6.45) is 1.96. The van der Waals surface area contributed by atoms with Crippen molar-refractivity contribution in [3.63, 3.8) is 0 Å². The van der Waals surface area contributed by atoms with Crippen molar-refractivity contribution in [2.24, 2.45) is 0 Å². The average molecular weight is 530 g/mol. The van der Waals surface area contributed by atoms with Crippen LogP contribution < -0.4 is 10.6 Å². The summed E-state index contributed by atoms with van der Waals surface area (Å²) in [6, 6.07) is 20.3. The van der Waals surface area contributed by atoms with Crippen molar-refractivity contribution in [2.45, 2.75) is 32.4 Å². The quantitative estimate of drug-likeness (QED) is 0.281. The van der Waals surface area contributed by atoms with Gasteiger partial charge in [0.05, 0.1) is 17.8 Å². The zero-order valence-electron chi connectivity index (χ0n) is 21.1. The number of phenols is 1. The van der Waals surface area contributed by atoms with E-state index in [4.69, 9.17) is 12.2 Å². The van der Waals surface area contributed by atoms with Gasteiger partial charge in [0.15, 0.2) is 5.11 Å². The van der Waals surface area contributed by atoms with Crippen LogP contribution in [0.5, 0.6) is 5.75 Å². The maximum atomic E-state index is 13.2. The first-order valence-corrected chi connectivity index (χ1v) is 12.7. The molecule has 1 fully saturated rings. The largest absolute Gasteiger partial charge is 0.508 e. The molecule has 2 atom stereocenters. The van der Waals surface area contributed by atoms with E-state index >= 15 is 0 Å². The van der Waals surface area contributed by atoms with Crippen LogP contribution in [0.15, 0.2) is 79.0 Å². The second-order valence-electron chi connectivity index (χ2n) is 9.30. The number of amides is 1. The predicted octanol–water partition coefficient (Wildman–Crippen LogP) is 5.34. The first-order chi connectivity index (χ1) is 18.3. The molecule has 4 aromatic rings. The van der Waals surface area contributed by atoms with Gasteiger partial charge in [-0.1, -0.05) is 6.07 Å². The molecule has 2 aromatic carbocycles. The average Bonchev–Trinajstić information content (AvgIpc) is 3.39. The lowest BCUT2D eigenvalue weighted by Crippen LogP contribution is -2.32. The monoisotopic (exact) mass is 529 g/mol. The van der Waals surface area contributed by atoms with Gasteiger partial charge in [-0.15, -0.1) is 0 Å². The smallest absolute Gasteiger partial charge is 0.226 e. The van der Waals surface area contributed by atoms with Crippen molar-refractivity contribution in [2.75, 3.05) is 11.9 Å². The Labute approximate surface area is 225 Å². The van der Waals surface area contributed by atoms with Crippen LogP contribution >= 0.6 is 12.2 Å². The fourth-order valence-electron chi connectivity index (χ4n) is 5.05. The molecule has 0 aliphatic carbocycles. The number of rotatable bonds is 7. The van der Waals surface area contributed by atoms with E-state index in [1.165, 1.54) is 24.3 Å². The van der Waals surface area contributed by atoms with E-state index < -0.39 is 0 Å². The molecule has 0 unspecified atom stereocenters. The van der Waals surface area contributed by atoms with Gasteiger partial charge in [-0.25, -0.2) is 4.39 Å². The lowest BCUT2D eigenvalue weighted by molar-refractivity contribution is -0.116. The van der Waals surface area contributed by atoms with Crippen LogP contribution in [0.1, 0.15) is 41.1 Å². The Hall–Kier alpha value is -4.24. The highest BCUT2D eigenvalue weighted by atomic mass is 32.1. The number of nitrogens with one attached hydrogen (secondary N) is 2. The van der Waals surface area contributed by atoms with Gasteiger partial charge in [0.1, 0.15) is 11.6 Å². The highest BCUT2D eigenvalue weighted by Gasteiger charge is 2.41. The number of hydrogen-bond donors (Lipinski definition) is 3. The summed E-state index contributed by atoms with van der Waals surface area (Å²) >= 11 is 5.76. The van der Waals surface area contributed by atoms with Crippen LogP contribution in [0, 0.1) is 19.7 Å². The molecule has 0 saturated carbocycles. The number of aromatic hydroxyl groups is 1. The number of benzene rings is 2. The molecule has 1 saturated heterocycles. The SMILES string of the molecule is Cc1cc([C@@H]2[C@@H](c3ccccn3)NC(=S)N2CCC(=O)Nc2ccc(F)cc2)c(C)n1-c1ccc(O)cc1. The third kappa shape index (κ3) is 5.10. The number of carbonyl (C=O) groups is 1. The number of nitrogens with zero attached hydrogens (tertiary/aromatic N) is 3. The first-order valence-electron chi connectivity index (χ1n) is 12.3. The lowest BCUT2D eigenvalue weighted by atomic mass is 9.96. The van der Waals surface area contributed by atoms with Crippen molar-refractivity contribution in [1.82, 2.24) is 19.8 Å². The van der Waals surface area contributed by atoms with Gasteiger partial charge in [-0.05, 0) is 98.4 Å². The highest BCUT2D eigenvalue weighted by Crippen LogP contribution is 2.41. The van der Waals surface area contributed by atoms with Crippen LogP contribution in [0.4, 0.5) is 10.1 Å². The van der Waals surface area contributed by atoms with Crippen LogP contribution in [-0.4, -0.2) is 37.1 Å². The van der Waals surface area contributed by atoms with E-state index in [2.05, 4.69) is 33.2 Å². The Balaban J connectivity index is 1.46. The molecule has 5 rings (SSSR count). The van der Waals surface area contributed by atoms with E-state index in [0.717, 1.165) is 28.3 Å². The Morgan fingerprint density at radius 1 is 1.11 bits per heavy atom. The summed E-state index contributed by atoms with van der Waals surface area (Å²) in [5.41, 5.74) is 5.47. The summed E-state index contributed by atoms with van der Waals surface area (Å²) in [6.45, 7) is 4.49. The zero-order valence-corrected chi connectivity index (χ0v) is 21.9. The summed E-state index contributed by atoms with van der Waals surface area (Å²) in [5.74, 6) is -0.333. The number of halogens is 1. The van der Waals surface area contributed by atoms with Crippen molar-refractivity contribution >= 4 is 28.9 Å². The van der Waals surface area contributed by atoms with Crippen LogP contribution in [0.25, 0.3) is 5.69 Å². The lowest BCUT2D eigenvalue weighted by Gasteiger charge is -2.28. The van der Waals surface area contributed by atoms with Crippen molar-refractivity contribution in [1.29, 1.82) is 0 Å². The molecule has 0 radical (unpaired) electrons. The summed E-state index contributed by atoms with van der Waals surface area (Å²) < 4.78 is 15.4. The van der Waals surface area contributed by atoms with Gasteiger partial charge in [0.25, 0.3) is 0 Å². The molecule has 0 bridgehead atoms. The maximum absolute atomic E-state index is 13.2. The van der Waals surface area contributed by atoms with Gasteiger partial charge in [0.2, 0.25) is 5.91 Å². The van der Waals surface area contributed by atoms with Crippen molar-refractivity contribution in [3.05, 3.63) is 107 Å². The number of phenolic OH excluding ortho intramolecular Hbond substituents is 1.